The molecule has 2 aromatic heterocycles. The molecule has 1 aromatic carbocycles. The molecule has 1 unspecified atom stereocenters. The molecule has 28 heavy (non-hydrogen) atoms. The first kappa shape index (κ1) is 18.3. The van der Waals surface area contributed by atoms with E-state index < -0.39 is 0 Å². The fourth-order valence-electron chi connectivity index (χ4n) is 3.65. The largest absolute Gasteiger partial charge is 0.338 e. The van der Waals surface area contributed by atoms with Gasteiger partial charge in [-0.1, -0.05) is 36.8 Å². The Balaban J connectivity index is 1.77. The molecule has 4 rings (SSSR count). The van der Waals surface area contributed by atoms with Gasteiger partial charge in [-0.2, -0.15) is 0 Å². The maximum atomic E-state index is 13.3. The second-order valence-electron chi connectivity index (χ2n) is 7.56. The molecule has 1 saturated heterocycles. The average molecular weight is 372 g/mol. The quantitative estimate of drug-likeness (QED) is 0.684. The summed E-state index contributed by atoms with van der Waals surface area (Å²) < 4.78 is 0. The molecule has 142 valence electrons. The summed E-state index contributed by atoms with van der Waals surface area (Å²) in [4.78, 5) is 28.6. The summed E-state index contributed by atoms with van der Waals surface area (Å²) in [5.41, 5.74) is 4.21. The van der Waals surface area contributed by atoms with E-state index in [1.807, 2.05) is 41.3 Å². The number of carbonyl (C=O) groups excluding carboxylic acids is 1. The number of likely N-dealkylation sites (tertiary alicyclic amines) is 1. The molecule has 1 aliphatic heterocycles. The molecular weight excluding hydrogens is 348 g/mol. The van der Waals surface area contributed by atoms with Gasteiger partial charge in [0.25, 0.3) is 5.91 Å². The second kappa shape index (κ2) is 7.89. The zero-order valence-corrected chi connectivity index (χ0v) is 16.3. The number of hydrogen-bond acceptors (Lipinski definition) is 4. The van der Waals surface area contributed by atoms with Crippen molar-refractivity contribution in [2.75, 3.05) is 13.1 Å². The highest BCUT2D eigenvalue weighted by Gasteiger charge is 2.25. The van der Waals surface area contributed by atoms with E-state index in [4.69, 9.17) is 4.98 Å². The number of piperidine rings is 1. The monoisotopic (exact) mass is 372 g/mol. The molecule has 3 aromatic rings. The first-order valence-electron chi connectivity index (χ1n) is 9.75. The van der Waals surface area contributed by atoms with Crippen molar-refractivity contribution in [1.82, 2.24) is 19.9 Å². The SMILES string of the molecule is Cc1ccc(-c2ncc(C(=O)N3CCCC(C)C3)c(-c3ccncc3)n2)cc1. The highest BCUT2D eigenvalue weighted by molar-refractivity contribution is 6.00. The van der Waals surface area contributed by atoms with Crippen molar-refractivity contribution in [2.45, 2.75) is 26.7 Å². The lowest BCUT2D eigenvalue weighted by atomic mass is 9.99. The number of aryl methyl sites for hydroxylation is 1. The van der Waals surface area contributed by atoms with Crippen LogP contribution >= 0.6 is 0 Å². The van der Waals surface area contributed by atoms with Crippen LogP contribution in [0, 0.1) is 12.8 Å². The molecule has 1 atom stereocenters. The van der Waals surface area contributed by atoms with E-state index in [1.54, 1.807) is 18.6 Å². The second-order valence-corrected chi connectivity index (χ2v) is 7.56. The molecule has 0 aliphatic carbocycles. The van der Waals surface area contributed by atoms with E-state index in [2.05, 4.69) is 23.8 Å². The summed E-state index contributed by atoms with van der Waals surface area (Å²) in [5.74, 6) is 1.15. The van der Waals surface area contributed by atoms with Crippen LogP contribution in [-0.4, -0.2) is 38.8 Å². The van der Waals surface area contributed by atoms with Gasteiger partial charge in [-0.25, -0.2) is 9.97 Å². The fourth-order valence-corrected chi connectivity index (χ4v) is 3.65. The molecule has 1 fully saturated rings. The summed E-state index contributed by atoms with van der Waals surface area (Å²) in [6.07, 6.45) is 7.34. The summed E-state index contributed by atoms with van der Waals surface area (Å²) in [7, 11) is 0. The lowest BCUT2D eigenvalue weighted by Crippen LogP contribution is -2.39. The van der Waals surface area contributed by atoms with E-state index in [1.165, 1.54) is 12.0 Å². The Morgan fingerprint density at radius 2 is 1.82 bits per heavy atom. The highest BCUT2D eigenvalue weighted by atomic mass is 16.2. The summed E-state index contributed by atoms with van der Waals surface area (Å²) >= 11 is 0. The zero-order chi connectivity index (χ0) is 19.5. The Hall–Kier alpha value is -3.08. The highest BCUT2D eigenvalue weighted by Crippen LogP contribution is 2.27. The van der Waals surface area contributed by atoms with Gasteiger partial charge in [-0.3, -0.25) is 9.78 Å². The van der Waals surface area contributed by atoms with Crippen LogP contribution in [-0.2, 0) is 0 Å². The van der Waals surface area contributed by atoms with Gasteiger partial charge in [0, 0.05) is 42.8 Å². The third-order valence-corrected chi connectivity index (χ3v) is 5.23. The lowest BCUT2D eigenvalue weighted by Gasteiger charge is -2.31. The number of amides is 1. The fraction of sp³-hybridized carbons (Fsp3) is 0.304. The van der Waals surface area contributed by atoms with Crippen molar-refractivity contribution < 1.29 is 4.79 Å². The van der Waals surface area contributed by atoms with Crippen LogP contribution in [0.2, 0.25) is 0 Å². The lowest BCUT2D eigenvalue weighted by molar-refractivity contribution is 0.0683. The number of benzene rings is 1. The molecule has 1 aliphatic rings. The van der Waals surface area contributed by atoms with Crippen LogP contribution in [0.1, 0.15) is 35.7 Å². The zero-order valence-electron chi connectivity index (χ0n) is 16.3. The minimum atomic E-state index is 0.00817. The van der Waals surface area contributed by atoms with E-state index in [0.29, 0.717) is 23.0 Å². The van der Waals surface area contributed by atoms with Crippen LogP contribution in [0.4, 0.5) is 0 Å². The summed E-state index contributed by atoms with van der Waals surface area (Å²) in [5, 5.41) is 0. The molecular formula is C23H24N4O. The van der Waals surface area contributed by atoms with Gasteiger partial charge in [0.1, 0.15) is 0 Å². The number of pyridine rings is 1. The number of nitrogens with zero attached hydrogens (tertiary/aromatic N) is 4. The maximum Gasteiger partial charge on any atom is 0.257 e. The molecule has 0 bridgehead atoms. The van der Waals surface area contributed by atoms with Gasteiger partial charge >= 0.3 is 0 Å². The van der Waals surface area contributed by atoms with Crippen LogP contribution in [0.3, 0.4) is 0 Å². The van der Waals surface area contributed by atoms with E-state index in [-0.39, 0.29) is 5.91 Å². The van der Waals surface area contributed by atoms with E-state index >= 15 is 0 Å². The first-order chi connectivity index (χ1) is 13.6. The third-order valence-electron chi connectivity index (χ3n) is 5.23. The van der Waals surface area contributed by atoms with Crippen molar-refractivity contribution in [2.24, 2.45) is 5.92 Å². The molecule has 0 radical (unpaired) electrons. The standard InChI is InChI=1S/C23H24N4O/c1-16-5-7-19(8-6-16)22-25-14-20(21(26-22)18-9-11-24-12-10-18)23(28)27-13-3-4-17(2)15-27/h5-12,14,17H,3-4,13,15H2,1-2H3. The Labute approximate surface area is 165 Å². The molecule has 0 N–H and O–H groups in total. The third kappa shape index (κ3) is 3.79. The number of carbonyl (C=O) groups is 1. The molecule has 5 heteroatoms. The molecule has 0 saturated carbocycles. The van der Waals surface area contributed by atoms with Gasteiger partial charge in [-0.15, -0.1) is 0 Å². The van der Waals surface area contributed by atoms with Crippen molar-refractivity contribution in [3.8, 4) is 22.6 Å². The molecule has 5 nitrogen and oxygen atoms in total. The topological polar surface area (TPSA) is 59.0 Å². The summed E-state index contributed by atoms with van der Waals surface area (Å²) in [6.45, 7) is 5.82. The van der Waals surface area contributed by atoms with Crippen LogP contribution in [0.15, 0.2) is 55.0 Å². The maximum absolute atomic E-state index is 13.3. The number of rotatable bonds is 3. The molecule has 0 spiro atoms. The van der Waals surface area contributed by atoms with Gasteiger partial charge in [0.05, 0.1) is 11.3 Å². The van der Waals surface area contributed by atoms with Crippen molar-refractivity contribution in [3.63, 3.8) is 0 Å². The van der Waals surface area contributed by atoms with Gasteiger partial charge in [0.15, 0.2) is 5.82 Å². The predicted octanol–water partition coefficient (Wildman–Crippen LogP) is 4.39. The molecule has 1 amide bonds. The van der Waals surface area contributed by atoms with Crippen molar-refractivity contribution >= 4 is 5.91 Å². The smallest absolute Gasteiger partial charge is 0.257 e. The Morgan fingerprint density at radius 1 is 1.07 bits per heavy atom. The van der Waals surface area contributed by atoms with Crippen LogP contribution in [0.25, 0.3) is 22.6 Å². The number of aromatic nitrogens is 3. The Kier molecular flexibility index (Phi) is 5.15. The first-order valence-corrected chi connectivity index (χ1v) is 9.75. The van der Waals surface area contributed by atoms with Crippen molar-refractivity contribution in [1.29, 1.82) is 0 Å². The minimum Gasteiger partial charge on any atom is -0.338 e. The minimum absolute atomic E-state index is 0.00817. The number of hydrogen-bond donors (Lipinski definition) is 0. The van der Waals surface area contributed by atoms with E-state index in [9.17, 15) is 4.79 Å². The Morgan fingerprint density at radius 3 is 2.54 bits per heavy atom. The normalized spacial score (nSPS) is 16.8. The van der Waals surface area contributed by atoms with Gasteiger partial charge in [-0.05, 0) is 37.8 Å². The van der Waals surface area contributed by atoms with Gasteiger partial charge < -0.3 is 4.90 Å². The van der Waals surface area contributed by atoms with Crippen LogP contribution in [0.5, 0.6) is 0 Å². The molecule has 3 heterocycles. The van der Waals surface area contributed by atoms with Crippen molar-refractivity contribution in [3.05, 3.63) is 66.1 Å². The average Bonchev–Trinajstić information content (AvgIpc) is 2.74. The summed E-state index contributed by atoms with van der Waals surface area (Å²) in [6, 6.07) is 11.9. The van der Waals surface area contributed by atoms with Gasteiger partial charge in [0.2, 0.25) is 0 Å². The predicted molar refractivity (Wildman–Crippen MR) is 110 cm³/mol. The van der Waals surface area contributed by atoms with E-state index in [0.717, 1.165) is 30.6 Å². The Bertz CT molecular complexity index is 970. The van der Waals surface area contributed by atoms with Crippen LogP contribution < -0.4 is 0 Å².